The average Bonchev–Trinajstić information content (AvgIpc) is 2.94. The second-order valence-corrected chi connectivity index (χ2v) is 6.20. The lowest BCUT2D eigenvalue weighted by atomic mass is 10.3. The number of benzene rings is 1. The fraction of sp³-hybridized carbons (Fsp3) is 0.467. The van der Waals surface area contributed by atoms with Crippen molar-refractivity contribution >= 4 is 11.8 Å². The third kappa shape index (κ3) is 4.08. The van der Waals surface area contributed by atoms with E-state index in [0.717, 1.165) is 23.7 Å². The summed E-state index contributed by atoms with van der Waals surface area (Å²) in [5, 5.41) is 8.87. The Morgan fingerprint density at radius 1 is 1.30 bits per heavy atom. The van der Waals surface area contributed by atoms with E-state index < -0.39 is 0 Å². The average molecular weight is 290 g/mol. The molecule has 1 heterocycles. The van der Waals surface area contributed by atoms with Gasteiger partial charge < -0.3 is 0 Å². The van der Waals surface area contributed by atoms with Crippen LogP contribution in [0.25, 0.3) is 5.69 Å². The molecule has 1 unspecified atom stereocenters. The zero-order valence-electron chi connectivity index (χ0n) is 12.4. The molecule has 2 rings (SSSR count). The Hall–Kier alpha value is -1.33. The normalized spacial score (nSPS) is 12.8. The topological polar surface area (TPSA) is 34.0 Å². The monoisotopic (exact) mass is 290 g/mol. The number of rotatable bonds is 7. The summed E-state index contributed by atoms with van der Waals surface area (Å²) in [5.41, 5.74) is 2.00. The van der Waals surface area contributed by atoms with Crippen molar-refractivity contribution in [2.45, 2.75) is 26.4 Å². The second-order valence-electron chi connectivity index (χ2n) is 4.88. The van der Waals surface area contributed by atoms with Crippen LogP contribution < -0.4 is 0 Å². The van der Waals surface area contributed by atoms with Gasteiger partial charge >= 0.3 is 0 Å². The lowest BCUT2D eigenvalue weighted by molar-refractivity contribution is 0.266. The van der Waals surface area contributed by atoms with Gasteiger partial charge in [0.25, 0.3) is 0 Å². The smallest absolute Gasteiger partial charge is 0.0971 e. The minimum Gasteiger partial charge on any atom is -0.297 e. The van der Waals surface area contributed by atoms with E-state index in [9.17, 15) is 0 Å². The van der Waals surface area contributed by atoms with Gasteiger partial charge in [0.05, 0.1) is 17.6 Å². The molecule has 0 aliphatic rings. The van der Waals surface area contributed by atoms with E-state index in [1.165, 1.54) is 5.75 Å². The van der Waals surface area contributed by atoms with Crippen molar-refractivity contribution in [1.82, 2.24) is 19.9 Å². The van der Waals surface area contributed by atoms with E-state index >= 15 is 0 Å². The van der Waals surface area contributed by atoms with E-state index in [0.29, 0.717) is 6.04 Å². The molecule has 108 valence electrons. The summed E-state index contributed by atoms with van der Waals surface area (Å²) in [6.45, 7) is 5.28. The van der Waals surface area contributed by atoms with Gasteiger partial charge in [-0.15, -0.1) is 0 Å². The predicted molar refractivity (Wildman–Crippen MR) is 85.3 cm³/mol. The lowest BCUT2D eigenvalue weighted by Gasteiger charge is -2.23. The van der Waals surface area contributed by atoms with E-state index in [2.05, 4.69) is 36.0 Å². The van der Waals surface area contributed by atoms with Crippen LogP contribution >= 0.6 is 11.8 Å². The number of hydrogen-bond acceptors (Lipinski definition) is 4. The highest BCUT2D eigenvalue weighted by Gasteiger charge is 2.11. The van der Waals surface area contributed by atoms with Gasteiger partial charge in [-0.05, 0) is 31.9 Å². The van der Waals surface area contributed by atoms with Crippen molar-refractivity contribution in [3.8, 4) is 5.69 Å². The maximum atomic E-state index is 4.54. The van der Waals surface area contributed by atoms with Crippen LogP contribution in [0.1, 0.15) is 19.5 Å². The van der Waals surface area contributed by atoms with Crippen LogP contribution in [-0.4, -0.2) is 44.5 Å². The Bertz CT molecular complexity index is 512. The van der Waals surface area contributed by atoms with Gasteiger partial charge in [-0.2, -0.15) is 26.8 Å². The molecule has 0 saturated heterocycles. The van der Waals surface area contributed by atoms with Gasteiger partial charge in [-0.1, -0.05) is 25.1 Å². The number of thioether (sulfide) groups is 1. The first-order valence-electron chi connectivity index (χ1n) is 6.95. The van der Waals surface area contributed by atoms with Gasteiger partial charge in [0.15, 0.2) is 0 Å². The van der Waals surface area contributed by atoms with Gasteiger partial charge in [0.1, 0.15) is 0 Å². The Morgan fingerprint density at radius 2 is 2.05 bits per heavy atom. The number of para-hydroxylation sites is 1. The number of aromatic nitrogens is 3. The van der Waals surface area contributed by atoms with Crippen LogP contribution in [0.4, 0.5) is 0 Å². The molecule has 1 atom stereocenters. The van der Waals surface area contributed by atoms with Crippen molar-refractivity contribution in [1.29, 1.82) is 0 Å². The third-order valence-electron chi connectivity index (χ3n) is 3.25. The predicted octanol–water partition coefficient (Wildman–Crippen LogP) is 2.84. The van der Waals surface area contributed by atoms with Crippen molar-refractivity contribution in [3.63, 3.8) is 0 Å². The zero-order valence-corrected chi connectivity index (χ0v) is 13.2. The molecule has 0 aliphatic heterocycles. The molecule has 1 aromatic carbocycles. The molecular formula is C15H22N4S. The van der Waals surface area contributed by atoms with Gasteiger partial charge in [-0.25, -0.2) is 0 Å². The van der Waals surface area contributed by atoms with Crippen LogP contribution in [0.2, 0.25) is 0 Å². The Labute approximate surface area is 125 Å². The largest absolute Gasteiger partial charge is 0.297 e. The lowest BCUT2D eigenvalue weighted by Crippen LogP contribution is -2.30. The van der Waals surface area contributed by atoms with Crippen molar-refractivity contribution in [2.75, 3.05) is 18.6 Å². The van der Waals surface area contributed by atoms with E-state index in [1.807, 2.05) is 48.3 Å². The Kier molecular flexibility index (Phi) is 5.61. The van der Waals surface area contributed by atoms with Crippen molar-refractivity contribution in [2.24, 2.45) is 0 Å². The maximum Gasteiger partial charge on any atom is 0.0971 e. The summed E-state index contributed by atoms with van der Waals surface area (Å²) < 4.78 is 0. The highest BCUT2D eigenvalue weighted by Crippen LogP contribution is 2.10. The summed E-state index contributed by atoms with van der Waals surface area (Å²) in [6, 6.07) is 10.5. The van der Waals surface area contributed by atoms with Crippen LogP contribution in [-0.2, 0) is 6.54 Å². The summed E-state index contributed by atoms with van der Waals surface area (Å²) >= 11 is 1.97. The summed E-state index contributed by atoms with van der Waals surface area (Å²) in [5.74, 6) is 2.32. The minimum atomic E-state index is 0.543. The Balaban J connectivity index is 1.96. The second kappa shape index (κ2) is 7.45. The highest BCUT2D eigenvalue weighted by molar-refractivity contribution is 7.99. The standard InChI is InChI=1S/C15H22N4S/c1-4-20-12-13(2)18(3)11-14-10-16-19(17-14)15-8-6-5-7-9-15/h5-10,13H,4,11-12H2,1-3H3. The SMILES string of the molecule is CCSCC(C)N(C)Cc1cnn(-c2ccccc2)n1. The first-order valence-corrected chi connectivity index (χ1v) is 8.10. The van der Waals surface area contributed by atoms with Crippen molar-refractivity contribution in [3.05, 3.63) is 42.2 Å². The third-order valence-corrected chi connectivity index (χ3v) is 4.38. The fourth-order valence-corrected chi connectivity index (χ4v) is 2.71. The molecule has 4 nitrogen and oxygen atoms in total. The number of hydrogen-bond donors (Lipinski definition) is 0. The van der Waals surface area contributed by atoms with Gasteiger partial charge in [-0.3, -0.25) is 4.90 Å². The first-order chi connectivity index (χ1) is 9.70. The molecular weight excluding hydrogens is 268 g/mol. The molecule has 20 heavy (non-hydrogen) atoms. The summed E-state index contributed by atoms with van der Waals surface area (Å²) in [7, 11) is 2.14. The highest BCUT2D eigenvalue weighted by atomic mass is 32.2. The van der Waals surface area contributed by atoms with E-state index in [1.54, 1.807) is 4.80 Å². The van der Waals surface area contributed by atoms with Crippen molar-refractivity contribution < 1.29 is 0 Å². The van der Waals surface area contributed by atoms with E-state index in [4.69, 9.17) is 0 Å². The molecule has 1 aromatic heterocycles. The van der Waals surface area contributed by atoms with Crippen LogP contribution in [0.5, 0.6) is 0 Å². The molecule has 0 fully saturated rings. The quantitative estimate of drug-likeness (QED) is 0.785. The Morgan fingerprint density at radius 3 is 2.75 bits per heavy atom. The number of nitrogens with zero attached hydrogens (tertiary/aromatic N) is 4. The molecule has 2 aromatic rings. The van der Waals surface area contributed by atoms with Crippen LogP contribution in [0, 0.1) is 0 Å². The summed E-state index contributed by atoms with van der Waals surface area (Å²) in [6.07, 6.45) is 1.85. The zero-order chi connectivity index (χ0) is 14.4. The first kappa shape index (κ1) is 15.1. The molecule has 0 bridgehead atoms. The molecule has 0 saturated carbocycles. The maximum absolute atomic E-state index is 4.54. The van der Waals surface area contributed by atoms with Crippen LogP contribution in [0.15, 0.2) is 36.5 Å². The molecule has 0 spiro atoms. The minimum absolute atomic E-state index is 0.543. The molecule has 0 N–H and O–H groups in total. The molecule has 0 aliphatic carbocycles. The molecule has 0 radical (unpaired) electrons. The molecule has 0 amide bonds. The van der Waals surface area contributed by atoms with Crippen LogP contribution in [0.3, 0.4) is 0 Å². The summed E-state index contributed by atoms with van der Waals surface area (Å²) in [4.78, 5) is 4.01. The van der Waals surface area contributed by atoms with Gasteiger partial charge in [0, 0.05) is 18.3 Å². The van der Waals surface area contributed by atoms with Gasteiger partial charge in [0.2, 0.25) is 0 Å². The fourth-order valence-electron chi connectivity index (χ4n) is 1.88. The molecule has 5 heteroatoms. The van der Waals surface area contributed by atoms with E-state index in [-0.39, 0.29) is 0 Å².